The minimum absolute atomic E-state index is 0. The van der Waals surface area contributed by atoms with Crippen molar-refractivity contribution in [3.8, 4) is 17.1 Å². The minimum Gasteiger partial charge on any atom is -0.497 e. The zero-order valence-corrected chi connectivity index (χ0v) is 24.6. The molecule has 3 aromatic carbocycles. The first-order valence-corrected chi connectivity index (χ1v) is 12.6. The number of aromatic amines is 1. The molecule has 1 aliphatic rings. The fourth-order valence-electron chi connectivity index (χ4n) is 5.13. The molecule has 210 valence electrons. The number of nitrogens with one attached hydrogen (secondary N) is 1. The summed E-state index contributed by atoms with van der Waals surface area (Å²) in [6.45, 7) is 6.22. The first kappa shape index (κ1) is 32.6. The summed E-state index contributed by atoms with van der Waals surface area (Å²) in [5.41, 5.74) is 5.18. The van der Waals surface area contributed by atoms with Crippen LogP contribution in [0.2, 0.25) is 0 Å². The molecule has 6 nitrogen and oxygen atoms in total. The van der Waals surface area contributed by atoms with Crippen LogP contribution in [0.25, 0.3) is 11.4 Å². The first-order chi connectivity index (χ1) is 17.6. The lowest BCUT2D eigenvalue weighted by molar-refractivity contribution is 0.0606. The molecule has 9 heteroatoms. The number of ether oxygens (including phenoxy) is 1. The van der Waals surface area contributed by atoms with Crippen LogP contribution in [0.5, 0.6) is 5.75 Å². The number of H-pyrrole nitrogens is 1. The number of aromatic nitrogens is 2. The Labute approximate surface area is 249 Å². The summed E-state index contributed by atoms with van der Waals surface area (Å²) >= 11 is 0. The number of halogens is 3. The third-order valence-electron chi connectivity index (χ3n) is 7.01. The van der Waals surface area contributed by atoms with Gasteiger partial charge in [0.05, 0.1) is 18.8 Å². The van der Waals surface area contributed by atoms with Crippen LogP contribution in [0.3, 0.4) is 0 Å². The van der Waals surface area contributed by atoms with Crippen molar-refractivity contribution >= 4 is 37.2 Å². The number of methoxy groups -OCH3 is 1. The first-order valence-electron chi connectivity index (χ1n) is 12.6. The highest BCUT2D eigenvalue weighted by atomic mass is 35.5. The molecule has 0 bridgehead atoms. The molecule has 1 aliphatic heterocycles. The molecular formula is C30H37Cl3N4O2. The van der Waals surface area contributed by atoms with E-state index in [1.54, 1.807) is 7.11 Å². The Balaban J connectivity index is 0.00000178. The van der Waals surface area contributed by atoms with Gasteiger partial charge < -0.3 is 14.8 Å². The smallest absolute Gasteiger partial charge is 0.138 e. The summed E-state index contributed by atoms with van der Waals surface area (Å²) in [7, 11) is 1.66. The van der Waals surface area contributed by atoms with Crippen molar-refractivity contribution < 1.29 is 9.84 Å². The molecule has 1 unspecified atom stereocenters. The van der Waals surface area contributed by atoms with Crippen molar-refractivity contribution in [2.24, 2.45) is 0 Å². The molecular weight excluding hydrogens is 555 g/mol. The Morgan fingerprint density at radius 3 is 2.00 bits per heavy atom. The van der Waals surface area contributed by atoms with E-state index in [2.05, 4.69) is 75.4 Å². The molecule has 2 heterocycles. The molecule has 1 saturated heterocycles. The van der Waals surface area contributed by atoms with Gasteiger partial charge in [-0.25, -0.2) is 4.98 Å². The van der Waals surface area contributed by atoms with Crippen molar-refractivity contribution in [1.29, 1.82) is 0 Å². The lowest BCUT2D eigenvalue weighted by Crippen LogP contribution is -2.48. The Morgan fingerprint density at radius 1 is 0.846 bits per heavy atom. The highest BCUT2D eigenvalue weighted by molar-refractivity contribution is 5.86. The lowest BCUT2D eigenvalue weighted by atomic mass is 9.96. The molecule has 1 fully saturated rings. The second kappa shape index (κ2) is 15.3. The number of β-amino-alcohol motifs (C(OH)–C–C–N with tert-alkyl or cyclic N) is 1. The largest absolute Gasteiger partial charge is 0.497 e. The number of nitrogens with zero attached hydrogens (tertiary/aromatic N) is 3. The zero-order valence-electron chi connectivity index (χ0n) is 22.2. The average Bonchev–Trinajstić information content (AvgIpc) is 3.33. The van der Waals surface area contributed by atoms with E-state index in [4.69, 9.17) is 9.72 Å². The van der Waals surface area contributed by atoms with Gasteiger partial charge in [0.2, 0.25) is 0 Å². The van der Waals surface area contributed by atoms with Gasteiger partial charge in [0.25, 0.3) is 0 Å². The van der Waals surface area contributed by atoms with Crippen molar-refractivity contribution in [2.75, 3.05) is 39.8 Å². The van der Waals surface area contributed by atoms with E-state index < -0.39 is 6.10 Å². The fraction of sp³-hybridized carbons (Fsp3) is 0.300. The van der Waals surface area contributed by atoms with Crippen LogP contribution in [-0.2, 0) is 0 Å². The zero-order chi connectivity index (χ0) is 24.9. The average molecular weight is 592 g/mol. The van der Waals surface area contributed by atoms with E-state index in [1.807, 2.05) is 31.2 Å². The second-order valence-electron chi connectivity index (χ2n) is 9.40. The van der Waals surface area contributed by atoms with Crippen molar-refractivity contribution in [1.82, 2.24) is 19.8 Å². The predicted octanol–water partition coefficient (Wildman–Crippen LogP) is 6.10. The Kier molecular flexibility index (Phi) is 12.8. The quantitative estimate of drug-likeness (QED) is 0.259. The summed E-state index contributed by atoms with van der Waals surface area (Å²) in [5.74, 6) is 1.53. The van der Waals surface area contributed by atoms with Crippen LogP contribution in [0, 0.1) is 6.92 Å². The third kappa shape index (κ3) is 7.76. The summed E-state index contributed by atoms with van der Waals surface area (Å²) in [5, 5.41) is 11.1. The number of rotatable bonds is 8. The van der Waals surface area contributed by atoms with Gasteiger partial charge in [-0.1, -0.05) is 72.8 Å². The SMILES string of the molecule is COc1cccc(-c2nc(C(O)CN3CCN(C(c4ccccc4)c4ccccc4)CC3)c(C)[nH]2)c1.Cl.Cl.Cl. The molecule has 4 aromatic rings. The van der Waals surface area contributed by atoms with Crippen molar-refractivity contribution in [3.63, 3.8) is 0 Å². The summed E-state index contributed by atoms with van der Waals surface area (Å²) in [4.78, 5) is 13.0. The molecule has 0 aliphatic carbocycles. The van der Waals surface area contributed by atoms with Gasteiger partial charge >= 0.3 is 0 Å². The third-order valence-corrected chi connectivity index (χ3v) is 7.01. The Hall–Kier alpha value is -2.58. The fourth-order valence-corrected chi connectivity index (χ4v) is 5.13. The standard InChI is InChI=1S/C30H34N4O2.3ClH/c1-22-28(32-30(31-22)25-14-9-15-26(20-25)36-2)27(35)21-33-16-18-34(19-17-33)29(23-10-5-3-6-11-23)24-12-7-4-8-13-24;;;/h3-15,20,27,29,35H,16-19,21H2,1-2H3,(H,31,32);3*1H. The van der Waals surface area contributed by atoms with E-state index >= 15 is 0 Å². The molecule has 39 heavy (non-hydrogen) atoms. The van der Waals surface area contributed by atoms with Crippen LogP contribution in [-0.4, -0.2) is 64.7 Å². The summed E-state index contributed by atoms with van der Waals surface area (Å²) in [6.07, 6.45) is -0.647. The van der Waals surface area contributed by atoms with Crippen molar-refractivity contribution in [2.45, 2.75) is 19.1 Å². The van der Waals surface area contributed by atoms with Gasteiger partial charge in [-0.15, -0.1) is 37.2 Å². The second-order valence-corrected chi connectivity index (χ2v) is 9.40. The maximum atomic E-state index is 11.1. The maximum absolute atomic E-state index is 11.1. The van der Waals surface area contributed by atoms with Crippen LogP contribution in [0.15, 0.2) is 84.9 Å². The molecule has 1 atom stereocenters. The Morgan fingerprint density at radius 2 is 1.44 bits per heavy atom. The monoisotopic (exact) mass is 590 g/mol. The molecule has 5 rings (SSSR count). The maximum Gasteiger partial charge on any atom is 0.138 e. The molecule has 0 amide bonds. The van der Waals surface area contributed by atoms with Gasteiger partial charge in [0, 0.05) is 44.0 Å². The molecule has 1 aromatic heterocycles. The number of imidazole rings is 1. The Bertz CT molecular complexity index is 1230. The highest BCUT2D eigenvalue weighted by Crippen LogP contribution is 2.30. The number of aliphatic hydroxyl groups is 1. The van der Waals surface area contributed by atoms with E-state index in [9.17, 15) is 5.11 Å². The molecule has 0 saturated carbocycles. The number of piperazine rings is 1. The molecule has 0 spiro atoms. The van der Waals surface area contributed by atoms with Crippen LogP contribution < -0.4 is 4.74 Å². The highest BCUT2D eigenvalue weighted by Gasteiger charge is 2.28. The minimum atomic E-state index is -0.647. The van der Waals surface area contributed by atoms with Crippen molar-refractivity contribution in [3.05, 3.63) is 107 Å². The van der Waals surface area contributed by atoms with E-state index in [0.717, 1.165) is 49.0 Å². The van der Waals surface area contributed by atoms with E-state index in [1.165, 1.54) is 11.1 Å². The molecule has 0 radical (unpaired) electrons. The number of hydrogen-bond donors (Lipinski definition) is 2. The summed E-state index contributed by atoms with van der Waals surface area (Å²) < 4.78 is 5.34. The molecule has 2 N–H and O–H groups in total. The van der Waals surface area contributed by atoms with Gasteiger partial charge in [0.1, 0.15) is 17.7 Å². The van der Waals surface area contributed by atoms with Crippen LogP contribution in [0.1, 0.15) is 34.7 Å². The topological polar surface area (TPSA) is 64.6 Å². The lowest BCUT2D eigenvalue weighted by Gasteiger charge is -2.40. The van der Waals surface area contributed by atoms with Crippen LogP contribution in [0.4, 0.5) is 0 Å². The normalized spacial score (nSPS) is 14.6. The van der Waals surface area contributed by atoms with Gasteiger partial charge in [0.15, 0.2) is 0 Å². The predicted molar refractivity (Wildman–Crippen MR) is 165 cm³/mol. The number of benzene rings is 3. The van der Waals surface area contributed by atoms with Crippen LogP contribution >= 0.6 is 37.2 Å². The summed E-state index contributed by atoms with van der Waals surface area (Å²) in [6, 6.07) is 29.5. The van der Waals surface area contributed by atoms with Gasteiger partial charge in [-0.3, -0.25) is 9.80 Å². The van der Waals surface area contributed by atoms with E-state index in [-0.39, 0.29) is 43.3 Å². The van der Waals surface area contributed by atoms with Gasteiger partial charge in [-0.2, -0.15) is 0 Å². The number of aliphatic hydroxyl groups excluding tert-OH is 1. The number of aryl methyl sites for hydroxylation is 1. The van der Waals surface area contributed by atoms with E-state index in [0.29, 0.717) is 12.2 Å². The van der Waals surface area contributed by atoms with Gasteiger partial charge in [-0.05, 0) is 30.2 Å². The number of hydrogen-bond acceptors (Lipinski definition) is 5.